The van der Waals surface area contributed by atoms with Crippen molar-refractivity contribution in [2.75, 3.05) is 34.4 Å². The van der Waals surface area contributed by atoms with E-state index in [1.54, 1.807) is 12.0 Å². The Morgan fingerprint density at radius 2 is 1.88 bits per heavy atom. The lowest BCUT2D eigenvalue weighted by Gasteiger charge is -2.34. The minimum atomic E-state index is 0.118. The Hall–Kier alpha value is -1.59. The molecule has 0 unspecified atom stereocenters. The van der Waals surface area contributed by atoms with Gasteiger partial charge < -0.3 is 14.7 Å². The van der Waals surface area contributed by atoms with Crippen LogP contribution >= 0.6 is 0 Å². The maximum absolute atomic E-state index is 12.5. The molecule has 1 amide bonds. The summed E-state index contributed by atoms with van der Waals surface area (Å²) < 4.78 is 5.35. The van der Waals surface area contributed by atoms with Gasteiger partial charge in [-0.25, -0.2) is 0 Å². The number of benzene rings is 1. The molecule has 1 N–H and O–H groups in total. The fraction of sp³-hybridized carbons (Fsp3) is 0.632. The number of likely N-dealkylation sites (N-methyl/N-ethyl adjacent to an activating group) is 2. The second-order valence-electron chi connectivity index (χ2n) is 6.83. The number of para-hydroxylation sites is 1. The summed E-state index contributed by atoms with van der Waals surface area (Å²) in [6.07, 6.45) is 4.23. The molecule has 134 valence electrons. The molecule has 0 saturated heterocycles. The maximum Gasteiger partial charge on any atom is 0.236 e. The number of methoxy groups -OCH3 is 1. The number of aliphatic hydroxyl groups is 1. The number of carbonyl (C=O) groups excluding carboxylic acids is 1. The molecule has 0 aliphatic heterocycles. The van der Waals surface area contributed by atoms with Crippen LogP contribution in [-0.4, -0.2) is 61.2 Å². The van der Waals surface area contributed by atoms with E-state index in [0.29, 0.717) is 25.0 Å². The number of rotatable bonds is 7. The highest BCUT2D eigenvalue weighted by molar-refractivity contribution is 5.78. The third kappa shape index (κ3) is 4.95. The summed E-state index contributed by atoms with van der Waals surface area (Å²) in [7, 11) is 5.52. The highest BCUT2D eigenvalue weighted by Gasteiger charge is 2.25. The summed E-state index contributed by atoms with van der Waals surface area (Å²) in [5.41, 5.74) is 1.02. The second-order valence-corrected chi connectivity index (χ2v) is 6.83. The average molecular weight is 334 g/mol. The Kier molecular flexibility index (Phi) is 7.06. The molecule has 5 nitrogen and oxygen atoms in total. The Bertz CT molecular complexity index is 527. The van der Waals surface area contributed by atoms with E-state index in [0.717, 1.165) is 37.0 Å². The fourth-order valence-corrected chi connectivity index (χ4v) is 3.41. The molecule has 24 heavy (non-hydrogen) atoms. The molecule has 1 aromatic rings. The van der Waals surface area contributed by atoms with Crippen LogP contribution in [-0.2, 0) is 11.3 Å². The van der Waals surface area contributed by atoms with Crippen molar-refractivity contribution in [1.82, 2.24) is 9.80 Å². The van der Waals surface area contributed by atoms with Gasteiger partial charge in [0.15, 0.2) is 0 Å². The largest absolute Gasteiger partial charge is 0.496 e. The molecule has 0 atom stereocenters. The molecule has 1 saturated carbocycles. The van der Waals surface area contributed by atoms with Gasteiger partial charge in [0, 0.05) is 31.8 Å². The number of amides is 1. The lowest BCUT2D eigenvalue weighted by atomic mass is 9.86. The quantitative estimate of drug-likeness (QED) is 0.830. The van der Waals surface area contributed by atoms with E-state index >= 15 is 0 Å². The monoisotopic (exact) mass is 334 g/mol. The van der Waals surface area contributed by atoms with Crippen molar-refractivity contribution in [3.63, 3.8) is 0 Å². The van der Waals surface area contributed by atoms with Crippen molar-refractivity contribution in [2.45, 2.75) is 38.3 Å². The first-order valence-corrected chi connectivity index (χ1v) is 8.72. The highest BCUT2D eigenvalue weighted by Crippen LogP contribution is 2.26. The number of carbonyl (C=O) groups is 1. The Balaban J connectivity index is 1.85. The Morgan fingerprint density at radius 1 is 1.21 bits per heavy atom. The fourth-order valence-electron chi connectivity index (χ4n) is 3.41. The van der Waals surface area contributed by atoms with Gasteiger partial charge in [0.05, 0.1) is 13.7 Å². The Morgan fingerprint density at radius 3 is 2.50 bits per heavy atom. The lowest BCUT2D eigenvalue weighted by molar-refractivity contribution is -0.132. The van der Waals surface area contributed by atoms with Crippen molar-refractivity contribution < 1.29 is 14.6 Å². The van der Waals surface area contributed by atoms with E-state index in [9.17, 15) is 9.90 Å². The summed E-state index contributed by atoms with van der Waals surface area (Å²) >= 11 is 0. The van der Waals surface area contributed by atoms with Gasteiger partial charge in [0.1, 0.15) is 5.75 Å². The SMILES string of the molecule is COc1ccccc1CN(C)C(=O)CN(C)C1CCC(CO)CC1. The molecule has 0 aromatic heterocycles. The van der Waals surface area contributed by atoms with Crippen molar-refractivity contribution in [3.8, 4) is 5.75 Å². The van der Waals surface area contributed by atoms with Gasteiger partial charge in [-0.1, -0.05) is 18.2 Å². The van der Waals surface area contributed by atoms with Gasteiger partial charge in [-0.05, 0) is 44.7 Å². The molecular weight excluding hydrogens is 304 g/mol. The molecule has 0 heterocycles. The maximum atomic E-state index is 12.5. The first-order chi connectivity index (χ1) is 11.5. The first-order valence-electron chi connectivity index (χ1n) is 8.72. The molecule has 0 radical (unpaired) electrons. The van der Waals surface area contributed by atoms with E-state index in [1.807, 2.05) is 38.4 Å². The number of ether oxygens (including phenoxy) is 1. The van der Waals surface area contributed by atoms with Crippen LogP contribution < -0.4 is 4.74 Å². The zero-order valence-corrected chi connectivity index (χ0v) is 15.1. The van der Waals surface area contributed by atoms with Crippen molar-refractivity contribution in [2.24, 2.45) is 5.92 Å². The van der Waals surface area contributed by atoms with E-state index in [4.69, 9.17) is 4.74 Å². The van der Waals surface area contributed by atoms with E-state index in [1.165, 1.54) is 0 Å². The van der Waals surface area contributed by atoms with Crippen LogP contribution in [0.3, 0.4) is 0 Å². The molecule has 2 rings (SSSR count). The van der Waals surface area contributed by atoms with Crippen molar-refractivity contribution >= 4 is 5.91 Å². The normalized spacial score (nSPS) is 20.9. The molecule has 0 bridgehead atoms. The van der Waals surface area contributed by atoms with Gasteiger partial charge in [-0.2, -0.15) is 0 Å². The summed E-state index contributed by atoms with van der Waals surface area (Å²) in [5, 5.41) is 9.23. The van der Waals surface area contributed by atoms with Crippen LogP contribution in [0.4, 0.5) is 0 Å². The average Bonchev–Trinajstić information content (AvgIpc) is 2.62. The van der Waals surface area contributed by atoms with Gasteiger partial charge in [-0.15, -0.1) is 0 Å². The highest BCUT2D eigenvalue weighted by atomic mass is 16.5. The Labute approximate surface area is 145 Å². The third-order valence-electron chi connectivity index (χ3n) is 5.11. The van der Waals surface area contributed by atoms with Crippen LogP contribution in [0.1, 0.15) is 31.2 Å². The minimum absolute atomic E-state index is 0.118. The van der Waals surface area contributed by atoms with Gasteiger partial charge in [-0.3, -0.25) is 9.69 Å². The van der Waals surface area contributed by atoms with Crippen LogP contribution in [0.5, 0.6) is 5.75 Å². The summed E-state index contributed by atoms with van der Waals surface area (Å²) in [6.45, 7) is 1.27. The number of aliphatic hydroxyl groups excluding tert-OH is 1. The smallest absolute Gasteiger partial charge is 0.236 e. The van der Waals surface area contributed by atoms with E-state index < -0.39 is 0 Å². The number of nitrogens with zero attached hydrogens (tertiary/aromatic N) is 2. The van der Waals surface area contributed by atoms with E-state index in [2.05, 4.69) is 4.90 Å². The molecule has 5 heteroatoms. The van der Waals surface area contributed by atoms with Crippen molar-refractivity contribution in [1.29, 1.82) is 0 Å². The molecule has 1 aromatic carbocycles. The lowest BCUT2D eigenvalue weighted by Crippen LogP contribution is -2.42. The molecule has 1 aliphatic carbocycles. The van der Waals surface area contributed by atoms with Crippen molar-refractivity contribution in [3.05, 3.63) is 29.8 Å². The third-order valence-corrected chi connectivity index (χ3v) is 5.11. The molecule has 1 aliphatic rings. The molecule has 1 fully saturated rings. The second kappa shape index (κ2) is 9.04. The summed E-state index contributed by atoms with van der Waals surface area (Å²) in [4.78, 5) is 16.4. The molecule has 0 spiro atoms. The van der Waals surface area contributed by atoms with Crippen LogP contribution in [0.15, 0.2) is 24.3 Å². The van der Waals surface area contributed by atoms with Gasteiger partial charge in [0.2, 0.25) is 5.91 Å². The van der Waals surface area contributed by atoms with Crippen LogP contribution in [0.2, 0.25) is 0 Å². The molecular formula is C19H30N2O3. The van der Waals surface area contributed by atoms with Crippen LogP contribution in [0, 0.1) is 5.92 Å². The summed E-state index contributed by atoms with van der Waals surface area (Å²) in [5.74, 6) is 1.37. The minimum Gasteiger partial charge on any atom is -0.496 e. The summed E-state index contributed by atoms with van der Waals surface area (Å²) in [6, 6.07) is 8.24. The number of hydrogen-bond donors (Lipinski definition) is 1. The predicted octanol–water partition coefficient (Wildman–Crippen LogP) is 2.14. The first kappa shape index (κ1) is 18.7. The van der Waals surface area contributed by atoms with E-state index in [-0.39, 0.29) is 12.5 Å². The van der Waals surface area contributed by atoms with Crippen LogP contribution in [0.25, 0.3) is 0 Å². The number of hydrogen-bond acceptors (Lipinski definition) is 4. The topological polar surface area (TPSA) is 53.0 Å². The van der Waals surface area contributed by atoms with Gasteiger partial charge >= 0.3 is 0 Å². The predicted molar refractivity (Wildman–Crippen MR) is 94.9 cm³/mol. The van der Waals surface area contributed by atoms with Gasteiger partial charge in [0.25, 0.3) is 0 Å². The zero-order chi connectivity index (χ0) is 17.5. The standard InChI is InChI=1S/C19H30N2O3/c1-20(17-10-8-15(14-22)9-11-17)13-19(23)21(2)12-16-6-4-5-7-18(16)24-3/h4-7,15,17,22H,8-14H2,1-3H3. The zero-order valence-electron chi connectivity index (χ0n) is 15.1.